The van der Waals surface area contributed by atoms with Crippen LogP contribution in [-0.4, -0.2) is 23.3 Å². The van der Waals surface area contributed by atoms with Gasteiger partial charge in [0.15, 0.2) is 5.79 Å². The monoisotopic (exact) mass is 200 g/mol. The number of halogens is 2. The van der Waals surface area contributed by atoms with Crippen LogP contribution in [0.2, 0.25) is 0 Å². The molecule has 11 heavy (non-hydrogen) atoms. The van der Waals surface area contributed by atoms with E-state index >= 15 is 0 Å². The number of hydrogen-bond donors (Lipinski definition) is 0. The lowest BCUT2D eigenvalue weighted by Crippen LogP contribution is -2.37. The van der Waals surface area contributed by atoms with Crippen LogP contribution in [0, 0.1) is 0 Å². The topological polar surface area (TPSA) is 27.7 Å². The lowest BCUT2D eigenvalue weighted by atomic mass is 10.3. The van der Waals surface area contributed by atoms with Crippen LogP contribution in [0.4, 0.5) is 0 Å². The van der Waals surface area contributed by atoms with Gasteiger partial charge in [-0.1, -0.05) is 0 Å². The summed E-state index contributed by atoms with van der Waals surface area (Å²) in [6.45, 7) is 3.46. The maximum absolute atomic E-state index is 5.58. The van der Waals surface area contributed by atoms with E-state index in [4.69, 9.17) is 37.7 Å². The molecule has 1 rings (SSSR count). The SMILES string of the molecule is CC1(C)OOC(CCl)(CCl)O1. The van der Waals surface area contributed by atoms with Crippen LogP contribution >= 0.6 is 23.2 Å². The third-order valence-corrected chi connectivity index (χ3v) is 2.05. The summed E-state index contributed by atoms with van der Waals surface area (Å²) in [4.78, 5) is 9.72. The second-order valence-corrected chi connectivity index (χ2v) is 3.38. The van der Waals surface area contributed by atoms with E-state index in [2.05, 4.69) is 0 Å². The summed E-state index contributed by atoms with van der Waals surface area (Å²) < 4.78 is 5.33. The first-order valence-electron chi connectivity index (χ1n) is 3.22. The second-order valence-electron chi connectivity index (χ2n) is 2.85. The van der Waals surface area contributed by atoms with E-state index in [1.54, 1.807) is 13.8 Å². The van der Waals surface area contributed by atoms with Crippen molar-refractivity contribution < 1.29 is 14.5 Å². The molecule has 0 amide bonds. The van der Waals surface area contributed by atoms with Gasteiger partial charge in [0.2, 0.25) is 5.79 Å². The Hall–Kier alpha value is 0.460. The van der Waals surface area contributed by atoms with Crippen LogP contribution in [0.15, 0.2) is 0 Å². The Labute approximate surface area is 75.4 Å². The van der Waals surface area contributed by atoms with Gasteiger partial charge in [-0.05, 0) is 13.8 Å². The summed E-state index contributed by atoms with van der Waals surface area (Å²) in [5, 5.41) is 0. The highest BCUT2D eigenvalue weighted by atomic mass is 35.5. The lowest BCUT2D eigenvalue weighted by Gasteiger charge is -2.20. The van der Waals surface area contributed by atoms with E-state index in [9.17, 15) is 0 Å². The smallest absolute Gasteiger partial charge is 0.231 e. The highest BCUT2D eigenvalue weighted by molar-refractivity contribution is 6.21. The number of rotatable bonds is 2. The standard InChI is InChI=1S/C6H10Cl2O3/c1-5(2)9-6(3-7,4-8)11-10-5/h3-4H2,1-2H3. The molecule has 0 aliphatic carbocycles. The number of alkyl halides is 2. The van der Waals surface area contributed by atoms with Crippen LogP contribution in [0.25, 0.3) is 0 Å². The predicted molar refractivity (Wildman–Crippen MR) is 41.5 cm³/mol. The molecule has 3 nitrogen and oxygen atoms in total. The van der Waals surface area contributed by atoms with E-state index in [-0.39, 0.29) is 11.8 Å². The average molecular weight is 201 g/mol. The zero-order valence-corrected chi connectivity index (χ0v) is 7.91. The van der Waals surface area contributed by atoms with E-state index in [0.717, 1.165) is 0 Å². The minimum Gasteiger partial charge on any atom is -0.310 e. The summed E-state index contributed by atoms with van der Waals surface area (Å²) in [5.74, 6) is -1.43. The Morgan fingerprint density at radius 3 is 1.82 bits per heavy atom. The molecule has 1 fully saturated rings. The Morgan fingerprint density at radius 2 is 1.64 bits per heavy atom. The molecule has 0 saturated carbocycles. The fourth-order valence-corrected chi connectivity index (χ4v) is 1.28. The molecule has 66 valence electrons. The molecule has 1 saturated heterocycles. The second kappa shape index (κ2) is 3.07. The van der Waals surface area contributed by atoms with E-state index in [1.807, 2.05) is 0 Å². The summed E-state index contributed by atoms with van der Waals surface area (Å²) in [6.07, 6.45) is 0. The quantitative estimate of drug-likeness (QED) is 0.504. The van der Waals surface area contributed by atoms with Gasteiger partial charge in [0.1, 0.15) is 0 Å². The van der Waals surface area contributed by atoms with Gasteiger partial charge in [-0.2, -0.15) is 9.78 Å². The molecule has 0 aromatic rings. The van der Waals surface area contributed by atoms with Crippen LogP contribution in [0.5, 0.6) is 0 Å². The van der Waals surface area contributed by atoms with E-state index in [0.29, 0.717) is 0 Å². The lowest BCUT2D eigenvalue weighted by molar-refractivity contribution is -0.336. The fourth-order valence-electron chi connectivity index (χ4n) is 0.793. The first-order valence-corrected chi connectivity index (χ1v) is 4.29. The van der Waals surface area contributed by atoms with E-state index < -0.39 is 11.6 Å². The van der Waals surface area contributed by atoms with Crippen molar-refractivity contribution in [2.24, 2.45) is 0 Å². The molecule has 1 aliphatic rings. The Morgan fingerprint density at radius 1 is 1.09 bits per heavy atom. The third kappa shape index (κ3) is 1.98. The van der Waals surface area contributed by atoms with Crippen LogP contribution < -0.4 is 0 Å². The Balaban J connectivity index is 2.62. The zero-order valence-electron chi connectivity index (χ0n) is 6.39. The molecule has 1 aliphatic heterocycles. The average Bonchev–Trinajstić information content (AvgIpc) is 2.28. The van der Waals surface area contributed by atoms with Crippen LogP contribution in [0.3, 0.4) is 0 Å². The predicted octanol–water partition coefficient (Wildman–Crippen LogP) is 1.87. The number of hydrogen-bond acceptors (Lipinski definition) is 3. The van der Waals surface area contributed by atoms with Gasteiger partial charge in [0, 0.05) is 0 Å². The van der Waals surface area contributed by atoms with Gasteiger partial charge in [0.25, 0.3) is 0 Å². The molecule has 1 heterocycles. The molecule has 0 N–H and O–H groups in total. The first kappa shape index (κ1) is 9.55. The molecule has 0 radical (unpaired) electrons. The van der Waals surface area contributed by atoms with Crippen molar-refractivity contribution >= 4 is 23.2 Å². The van der Waals surface area contributed by atoms with Crippen LogP contribution in [-0.2, 0) is 14.5 Å². The summed E-state index contributed by atoms with van der Waals surface area (Å²) >= 11 is 11.2. The van der Waals surface area contributed by atoms with Gasteiger partial charge in [0.05, 0.1) is 11.8 Å². The molecule has 5 heteroatoms. The van der Waals surface area contributed by atoms with Crippen LogP contribution in [0.1, 0.15) is 13.8 Å². The van der Waals surface area contributed by atoms with Gasteiger partial charge >= 0.3 is 0 Å². The summed E-state index contributed by atoms with van der Waals surface area (Å²) in [5.41, 5.74) is 0. The largest absolute Gasteiger partial charge is 0.310 e. The molecule has 0 aromatic heterocycles. The van der Waals surface area contributed by atoms with Gasteiger partial charge < -0.3 is 4.74 Å². The van der Waals surface area contributed by atoms with Crippen molar-refractivity contribution in [1.82, 2.24) is 0 Å². The third-order valence-electron chi connectivity index (χ3n) is 1.23. The van der Waals surface area contributed by atoms with Crippen molar-refractivity contribution in [2.45, 2.75) is 25.4 Å². The summed E-state index contributed by atoms with van der Waals surface area (Å²) in [7, 11) is 0. The molecule has 0 aromatic carbocycles. The highest BCUT2D eigenvalue weighted by Gasteiger charge is 2.47. The Bertz CT molecular complexity index is 145. The normalized spacial score (nSPS) is 27.3. The summed E-state index contributed by atoms with van der Waals surface area (Å²) in [6, 6.07) is 0. The molecular weight excluding hydrogens is 191 g/mol. The Kier molecular flexibility index (Phi) is 2.67. The molecular formula is C6H10Cl2O3. The highest BCUT2D eigenvalue weighted by Crippen LogP contribution is 2.33. The van der Waals surface area contributed by atoms with Crippen molar-refractivity contribution in [3.8, 4) is 0 Å². The molecule has 0 spiro atoms. The van der Waals surface area contributed by atoms with Crippen molar-refractivity contribution in [3.05, 3.63) is 0 Å². The number of ether oxygens (including phenoxy) is 1. The molecule has 0 unspecified atom stereocenters. The maximum atomic E-state index is 5.58. The minimum atomic E-state index is -0.980. The first-order chi connectivity index (χ1) is 5.04. The maximum Gasteiger partial charge on any atom is 0.231 e. The van der Waals surface area contributed by atoms with Crippen molar-refractivity contribution in [1.29, 1.82) is 0 Å². The van der Waals surface area contributed by atoms with Gasteiger partial charge in [-0.15, -0.1) is 23.2 Å². The van der Waals surface area contributed by atoms with Crippen molar-refractivity contribution in [3.63, 3.8) is 0 Å². The van der Waals surface area contributed by atoms with E-state index in [1.165, 1.54) is 0 Å². The fraction of sp³-hybridized carbons (Fsp3) is 1.00. The molecule has 0 bridgehead atoms. The van der Waals surface area contributed by atoms with Gasteiger partial charge in [-0.3, -0.25) is 0 Å². The zero-order chi connectivity index (χ0) is 8.54. The van der Waals surface area contributed by atoms with Crippen molar-refractivity contribution in [2.75, 3.05) is 11.8 Å². The van der Waals surface area contributed by atoms with Gasteiger partial charge in [-0.25, -0.2) is 0 Å². The minimum absolute atomic E-state index is 0.153. The molecule has 0 atom stereocenters.